The summed E-state index contributed by atoms with van der Waals surface area (Å²) in [5, 5.41) is 13.8. The molecular formula is C10H15N3O2S. The van der Waals surface area contributed by atoms with Gasteiger partial charge in [-0.3, -0.25) is 4.79 Å². The van der Waals surface area contributed by atoms with Crippen LogP contribution in [0.25, 0.3) is 0 Å². The first-order valence-corrected chi connectivity index (χ1v) is 6.13. The Morgan fingerprint density at radius 2 is 2.31 bits per heavy atom. The van der Waals surface area contributed by atoms with E-state index >= 15 is 0 Å². The molecule has 1 aromatic heterocycles. The molecule has 16 heavy (non-hydrogen) atoms. The minimum Gasteiger partial charge on any atom is -0.388 e. The van der Waals surface area contributed by atoms with Gasteiger partial charge in [0.2, 0.25) is 0 Å². The summed E-state index contributed by atoms with van der Waals surface area (Å²) in [7, 11) is 1.71. The van der Waals surface area contributed by atoms with Gasteiger partial charge in [0, 0.05) is 13.6 Å². The van der Waals surface area contributed by atoms with Crippen molar-refractivity contribution in [3.63, 3.8) is 0 Å². The van der Waals surface area contributed by atoms with Gasteiger partial charge in [0.25, 0.3) is 5.91 Å². The van der Waals surface area contributed by atoms with Crippen molar-refractivity contribution in [3.8, 4) is 0 Å². The van der Waals surface area contributed by atoms with E-state index in [0.717, 1.165) is 37.2 Å². The SMILES string of the molecule is CN(CC1(O)CCCC1)C(=O)c1cnns1. The Hall–Kier alpha value is -1.01. The Bertz CT molecular complexity index is 360. The van der Waals surface area contributed by atoms with Gasteiger partial charge in [0.15, 0.2) is 0 Å². The fraction of sp³-hybridized carbons (Fsp3) is 0.700. The monoisotopic (exact) mass is 241 g/mol. The number of aliphatic hydroxyl groups is 1. The lowest BCUT2D eigenvalue weighted by Crippen LogP contribution is -2.41. The number of likely N-dealkylation sites (N-methyl/N-ethyl adjacent to an activating group) is 1. The van der Waals surface area contributed by atoms with Crippen LogP contribution in [0.2, 0.25) is 0 Å². The molecule has 0 saturated heterocycles. The van der Waals surface area contributed by atoms with Gasteiger partial charge in [-0.1, -0.05) is 17.3 Å². The van der Waals surface area contributed by atoms with Crippen LogP contribution in [0.3, 0.4) is 0 Å². The molecular weight excluding hydrogens is 226 g/mol. The Kier molecular flexibility index (Phi) is 3.20. The van der Waals surface area contributed by atoms with E-state index in [1.54, 1.807) is 11.9 Å². The summed E-state index contributed by atoms with van der Waals surface area (Å²) in [5.41, 5.74) is -0.692. The molecule has 1 fully saturated rings. The van der Waals surface area contributed by atoms with Crippen LogP contribution in [0, 0.1) is 0 Å². The van der Waals surface area contributed by atoms with E-state index in [0.29, 0.717) is 11.4 Å². The number of rotatable bonds is 3. The van der Waals surface area contributed by atoms with Gasteiger partial charge in [-0.05, 0) is 24.4 Å². The fourth-order valence-corrected chi connectivity index (χ4v) is 2.66. The van der Waals surface area contributed by atoms with Gasteiger partial charge >= 0.3 is 0 Å². The topological polar surface area (TPSA) is 66.3 Å². The zero-order valence-electron chi connectivity index (χ0n) is 9.22. The molecule has 1 saturated carbocycles. The van der Waals surface area contributed by atoms with Crippen molar-refractivity contribution >= 4 is 17.4 Å². The highest BCUT2D eigenvalue weighted by Gasteiger charge is 2.33. The summed E-state index contributed by atoms with van der Waals surface area (Å²) in [6.45, 7) is 0.393. The van der Waals surface area contributed by atoms with Gasteiger partial charge in [-0.2, -0.15) is 0 Å². The largest absolute Gasteiger partial charge is 0.388 e. The molecule has 6 heteroatoms. The molecule has 1 aromatic rings. The van der Waals surface area contributed by atoms with Gasteiger partial charge in [-0.15, -0.1) is 5.10 Å². The normalized spacial score (nSPS) is 18.6. The standard InChI is InChI=1S/C10H15N3O2S/c1-13(7-10(15)4-2-3-5-10)9(14)8-6-11-12-16-8/h6,15H,2-5,7H2,1H3. The first kappa shape index (κ1) is 11.5. The van der Waals surface area contributed by atoms with Crippen molar-refractivity contribution in [2.45, 2.75) is 31.3 Å². The lowest BCUT2D eigenvalue weighted by molar-refractivity contribution is 0.0158. The zero-order chi connectivity index (χ0) is 11.6. The van der Waals surface area contributed by atoms with Crippen LogP contribution < -0.4 is 0 Å². The second-order valence-electron chi connectivity index (χ2n) is 4.37. The molecule has 5 nitrogen and oxygen atoms in total. The maximum Gasteiger partial charge on any atom is 0.267 e. The summed E-state index contributed by atoms with van der Waals surface area (Å²) in [6.07, 6.45) is 5.11. The average Bonchev–Trinajstić information content (AvgIpc) is 2.87. The van der Waals surface area contributed by atoms with Crippen molar-refractivity contribution in [3.05, 3.63) is 11.1 Å². The number of hydrogen-bond acceptors (Lipinski definition) is 5. The van der Waals surface area contributed by atoms with Gasteiger partial charge in [-0.25, -0.2) is 0 Å². The highest BCUT2D eigenvalue weighted by Crippen LogP contribution is 2.30. The zero-order valence-corrected chi connectivity index (χ0v) is 10.0. The van der Waals surface area contributed by atoms with Gasteiger partial charge in [0.1, 0.15) is 4.88 Å². The highest BCUT2D eigenvalue weighted by atomic mass is 32.1. The number of carbonyl (C=O) groups is 1. The third-order valence-corrected chi connectivity index (χ3v) is 3.64. The molecule has 0 aliphatic heterocycles. The summed E-state index contributed by atoms with van der Waals surface area (Å²) in [5.74, 6) is -0.115. The van der Waals surface area contributed by atoms with Crippen LogP contribution >= 0.6 is 11.5 Å². The first-order valence-electron chi connectivity index (χ1n) is 5.36. The van der Waals surface area contributed by atoms with Crippen molar-refractivity contribution in [2.75, 3.05) is 13.6 Å². The second-order valence-corrected chi connectivity index (χ2v) is 5.16. The molecule has 0 atom stereocenters. The molecule has 1 amide bonds. The van der Waals surface area contributed by atoms with Crippen molar-refractivity contribution in [1.29, 1.82) is 0 Å². The summed E-state index contributed by atoms with van der Waals surface area (Å²) >= 11 is 1.08. The van der Waals surface area contributed by atoms with E-state index in [4.69, 9.17) is 0 Å². The van der Waals surface area contributed by atoms with Crippen LogP contribution in [-0.2, 0) is 0 Å². The van der Waals surface area contributed by atoms with Crippen LogP contribution in [0.5, 0.6) is 0 Å². The molecule has 1 N–H and O–H groups in total. The maximum atomic E-state index is 11.9. The lowest BCUT2D eigenvalue weighted by Gasteiger charge is -2.28. The number of aromatic nitrogens is 2. The van der Waals surface area contributed by atoms with E-state index in [-0.39, 0.29) is 5.91 Å². The smallest absolute Gasteiger partial charge is 0.267 e. The lowest BCUT2D eigenvalue weighted by atomic mass is 10.0. The van der Waals surface area contributed by atoms with Crippen molar-refractivity contribution < 1.29 is 9.90 Å². The van der Waals surface area contributed by atoms with Crippen LogP contribution in [0.1, 0.15) is 35.4 Å². The number of nitrogens with zero attached hydrogens (tertiary/aromatic N) is 3. The highest BCUT2D eigenvalue weighted by molar-refractivity contribution is 7.07. The van der Waals surface area contributed by atoms with Gasteiger partial charge in [0.05, 0.1) is 11.8 Å². The van der Waals surface area contributed by atoms with Crippen LogP contribution in [0.15, 0.2) is 6.20 Å². The Labute approximate surface area is 98.2 Å². The molecule has 1 aliphatic rings. The van der Waals surface area contributed by atoms with E-state index in [9.17, 15) is 9.90 Å². The predicted molar refractivity (Wildman–Crippen MR) is 60.3 cm³/mol. The molecule has 88 valence electrons. The fourth-order valence-electron chi connectivity index (χ4n) is 2.15. The molecule has 0 radical (unpaired) electrons. The number of carbonyl (C=O) groups excluding carboxylic acids is 1. The molecule has 0 spiro atoms. The third kappa shape index (κ3) is 2.38. The summed E-state index contributed by atoms with van der Waals surface area (Å²) in [6, 6.07) is 0. The van der Waals surface area contributed by atoms with E-state index in [1.165, 1.54) is 6.20 Å². The molecule has 1 heterocycles. The summed E-state index contributed by atoms with van der Waals surface area (Å²) < 4.78 is 3.66. The average molecular weight is 241 g/mol. The number of hydrogen-bond donors (Lipinski definition) is 1. The minimum absolute atomic E-state index is 0.115. The second kappa shape index (κ2) is 4.47. The van der Waals surface area contributed by atoms with E-state index in [2.05, 4.69) is 9.59 Å². The predicted octanol–water partition coefficient (Wildman–Crippen LogP) is 0.915. The van der Waals surface area contributed by atoms with E-state index in [1.807, 2.05) is 0 Å². The Balaban J connectivity index is 1.97. The summed E-state index contributed by atoms with van der Waals surface area (Å²) in [4.78, 5) is 14.0. The van der Waals surface area contributed by atoms with Crippen molar-refractivity contribution in [1.82, 2.24) is 14.5 Å². The minimum atomic E-state index is -0.692. The Morgan fingerprint density at radius 3 is 2.88 bits per heavy atom. The number of amides is 1. The quantitative estimate of drug-likeness (QED) is 0.854. The maximum absolute atomic E-state index is 11.9. The van der Waals surface area contributed by atoms with Crippen LogP contribution in [0.4, 0.5) is 0 Å². The molecule has 2 rings (SSSR count). The van der Waals surface area contributed by atoms with Crippen LogP contribution in [-0.4, -0.2) is 44.7 Å². The van der Waals surface area contributed by atoms with Crippen molar-refractivity contribution in [2.24, 2.45) is 0 Å². The molecule has 0 aromatic carbocycles. The first-order chi connectivity index (χ1) is 7.61. The molecule has 0 unspecified atom stereocenters. The van der Waals surface area contributed by atoms with Gasteiger partial charge < -0.3 is 10.0 Å². The molecule has 1 aliphatic carbocycles. The van der Waals surface area contributed by atoms with E-state index < -0.39 is 5.60 Å². The third-order valence-electron chi connectivity index (χ3n) is 2.98. The molecule has 0 bridgehead atoms. The Morgan fingerprint density at radius 1 is 1.62 bits per heavy atom.